The molecular weight excluding hydrogens is 356 g/mol. The molecule has 1 N–H and O–H groups in total. The number of hydrogen-bond acceptors (Lipinski definition) is 4. The van der Waals surface area contributed by atoms with Gasteiger partial charge in [-0.15, -0.1) is 11.8 Å². The van der Waals surface area contributed by atoms with E-state index < -0.39 is 10.0 Å². The van der Waals surface area contributed by atoms with E-state index in [-0.39, 0.29) is 10.8 Å². The summed E-state index contributed by atoms with van der Waals surface area (Å²) < 4.78 is 27.9. The Labute approximate surface area is 152 Å². The molecular formula is C18H20N2O3S2. The zero-order valence-corrected chi connectivity index (χ0v) is 15.6. The number of hydrogen-bond donors (Lipinski definition) is 1. The van der Waals surface area contributed by atoms with E-state index in [4.69, 9.17) is 0 Å². The maximum Gasteiger partial charge on any atom is 0.261 e. The molecule has 0 unspecified atom stereocenters. The Morgan fingerprint density at radius 1 is 1.04 bits per heavy atom. The van der Waals surface area contributed by atoms with Crippen LogP contribution in [0.25, 0.3) is 0 Å². The average molecular weight is 377 g/mol. The molecule has 2 aromatic carbocycles. The third-order valence-electron chi connectivity index (χ3n) is 4.16. The van der Waals surface area contributed by atoms with Gasteiger partial charge in [0.05, 0.1) is 16.1 Å². The number of benzene rings is 2. The van der Waals surface area contributed by atoms with Crippen molar-refractivity contribution in [1.82, 2.24) is 4.90 Å². The number of sulfonamides is 1. The molecule has 132 valence electrons. The molecule has 3 rings (SSSR count). The van der Waals surface area contributed by atoms with E-state index in [9.17, 15) is 13.2 Å². The second-order valence-electron chi connectivity index (χ2n) is 5.83. The summed E-state index contributed by atoms with van der Waals surface area (Å²) in [5, 5.41) is 0. The standard InChI is InChI=1S/C18H20N2O3S2/c1-24-14-8-10-15(11-9-14)25(22,23)19-17-7-3-2-6-16(17)18(21)20-12-4-5-13-20/h2-3,6-11,19H,4-5,12-13H2,1H3. The second-order valence-corrected chi connectivity index (χ2v) is 8.39. The van der Waals surface area contributed by atoms with Crippen LogP contribution in [-0.4, -0.2) is 38.6 Å². The van der Waals surface area contributed by atoms with Crippen LogP contribution in [0.4, 0.5) is 5.69 Å². The summed E-state index contributed by atoms with van der Waals surface area (Å²) in [6.07, 6.45) is 3.91. The quantitative estimate of drug-likeness (QED) is 0.812. The van der Waals surface area contributed by atoms with E-state index in [1.165, 1.54) is 0 Å². The highest BCUT2D eigenvalue weighted by atomic mass is 32.2. The number of nitrogens with zero attached hydrogens (tertiary/aromatic N) is 1. The van der Waals surface area contributed by atoms with Crippen LogP contribution in [0.5, 0.6) is 0 Å². The number of anilines is 1. The molecule has 5 nitrogen and oxygen atoms in total. The lowest BCUT2D eigenvalue weighted by Crippen LogP contribution is -2.28. The molecule has 2 aromatic rings. The Kier molecular flexibility index (Phi) is 5.34. The minimum Gasteiger partial charge on any atom is -0.339 e. The minimum atomic E-state index is -3.75. The van der Waals surface area contributed by atoms with E-state index in [2.05, 4.69) is 4.72 Å². The predicted molar refractivity (Wildman–Crippen MR) is 101 cm³/mol. The van der Waals surface area contributed by atoms with Gasteiger partial charge in [-0.2, -0.15) is 0 Å². The SMILES string of the molecule is CSc1ccc(S(=O)(=O)Nc2ccccc2C(=O)N2CCCC2)cc1. The van der Waals surface area contributed by atoms with Crippen molar-refractivity contribution in [3.05, 3.63) is 54.1 Å². The predicted octanol–water partition coefficient (Wildman–Crippen LogP) is 3.45. The van der Waals surface area contributed by atoms with Crippen LogP contribution < -0.4 is 4.72 Å². The van der Waals surface area contributed by atoms with Crippen molar-refractivity contribution in [2.75, 3.05) is 24.1 Å². The van der Waals surface area contributed by atoms with Gasteiger partial charge >= 0.3 is 0 Å². The molecule has 0 aromatic heterocycles. The molecule has 1 aliphatic rings. The van der Waals surface area contributed by atoms with Gasteiger partial charge in [0, 0.05) is 18.0 Å². The third kappa shape index (κ3) is 3.99. The summed E-state index contributed by atoms with van der Waals surface area (Å²) >= 11 is 1.55. The third-order valence-corrected chi connectivity index (χ3v) is 6.29. The van der Waals surface area contributed by atoms with Crippen molar-refractivity contribution in [3.8, 4) is 0 Å². The first-order valence-electron chi connectivity index (χ1n) is 8.06. The van der Waals surface area contributed by atoms with E-state index in [1.54, 1.807) is 65.2 Å². The van der Waals surface area contributed by atoms with Crippen molar-refractivity contribution >= 4 is 33.4 Å². The normalized spacial score (nSPS) is 14.5. The molecule has 25 heavy (non-hydrogen) atoms. The summed E-state index contributed by atoms with van der Waals surface area (Å²) in [6, 6.07) is 13.4. The van der Waals surface area contributed by atoms with Crippen LogP contribution in [-0.2, 0) is 10.0 Å². The van der Waals surface area contributed by atoms with Gasteiger partial charge in [0.15, 0.2) is 0 Å². The molecule has 0 saturated carbocycles. The maximum atomic E-state index is 12.7. The number of nitrogens with one attached hydrogen (secondary N) is 1. The zero-order chi connectivity index (χ0) is 17.9. The van der Waals surface area contributed by atoms with Crippen LogP contribution in [0.3, 0.4) is 0 Å². The molecule has 0 atom stereocenters. The van der Waals surface area contributed by atoms with Gasteiger partial charge in [-0.1, -0.05) is 12.1 Å². The Balaban J connectivity index is 1.87. The van der Waals surface area contributed by atoms with Crippen LogP contribution in [0.15, 0.2) is 58.3 Å². The highest BCUT2D eigenvalue weighted by Crippen LogP contribution is 2.24. The Morgan fingerprint density at radius 2 is 1.68 bits per heavy atom. The lowest BCUT2D eigenvalue weighted by atomic mass is 10.1. The molecule has 0 bridgehead atoms. The van der Waals surface area contributed by atoms with Gasteiger partial charge in [0.2, 0.25) is 0 Å². The smallest absolute Gasteiger partial charge is 0.261 e. The fourth-order valence-corrected chi connectivity index (χ4v) is 4.30. The fourth-order valence-electron chi connectivity index (χ4n) is 2.81. The molecule has 7 heteroatoms. The van der Waals surface area contributed by atoms with Crippen LogP contribution in [0, 0.1) is 0 Å². The van der Waals surface area contributed by atoms with Gasteiger partial charge in [-0.3, -0.25) is 9.52 Å². The lowest BCUT2D eigenvalue weighted by Gasteiger charge is -2.18. The van der Waals surface area contributed by atoms with Crippen molar-refractivity contribution in [1.29, 1.82) is 0 Å². The molecule has 1 amide bonds. The molecule has 0 radical (unpaired) electrons. The highest BCUT2D eigenvalue weighted by Gasteiger charge is 2.23. The second kappa shape index (κ2) is 7.49. The molecule has 1 heterocycles. The lowest BCUT2D eigenvalue weighted by molar-refractivity contribution is 0.0794. The summed E-state index contributed by atoms with van der Waals surface area (Å²) in [7, 11) is -3.75. The zero-order valence-electron chi connectivity index (χ0n) is 13.9. The molecule has 1 fully saturated rings. The molecule has 1 aliphatic heterocycles. The number of rotatable bonds is 5. The van der Waals surface area contributed by atoms with Gasteiger partial charge < -0.3 is 4.90 Å². The van der Waals surface area contributed by atoms with Crippen molar-refractivity contribution < 1.29 is 13.2 Å². The van der Waals surface area contributed by atoms with Crippen molar-refractivity contribution in [2.45, 2.75) is 22.6 Å². The number of carbonyl (C=O) groups excluding carboxylic acids is 1. The van der Waals surface area contributed by atoms with Gasteiger partial charge in [-0.05, 0) is 55.5 Å². The van der Waals surface area contributed by atoms with E-state index in [0.717, 1.165) is 30.8 Å². The number of thioether (sulfide) groups is 1. The van der Waals surface area contributed by atoms with E-state index >= 15 is 0 Å². The van der Waals surface area contributed by atoms with E-state index in [1.807, 2.05) is 6.26 Å². The summed E-state index contributed by atoms with van der Waals surface area (Å²) in [4.78, 5) is 15.6. The van der Waals surface area contributed by atoms with Gasteiger partial charge in [-0.25, -0.2) is 8.42 Å². The Morgan fingerprint density at radius 3 is 2.32 bits per heavy atom. The highest BCUT2D eigenvalue weighted by molar-refractivity contribution is 7.98. The van der Waals surface area contributed by atoms with Crippen LogP contribution in [0.1, 0.15) is 23.2 Å². The first-order chi connectivity index (χ1) is 12.0. The topological polar surface area (TPSA) is 66.5 Å². The number of amides is 1. The molecule has 1 saturated heterocycles. The largest absolute Gasteiger partial charge is 0.339 e. The number of carbonyl (C=O) groups is 1. The average Bonchev–Trinajstić information content (AvgIpc) is 3.16. The number of para-hydroxylation sites is 1. The monoisotopic (exact) mass is 376 g/mol. The Hall–Kier alpha value is -1.99. The first kappa shape index (κ1) is 17.8. The Bertz CT molecular complexity index is 858. The van der Waals surface area contributed by atoms with Crippen molar-refractivity contribution in [2.24, 2.45) is 0 Å². The summed E-state index contributed by atoms with van der Waals surface area (Å²) in [5.41, 5.74) is 0.696. The fraction of sp³-hybridized carbons (Fsp3) is 0.278. The first-order valence-corrected chi connectivity index (χ1v) is 10.8. The molecule has 0 aliphatic carbocycles. The summed E-state index contributed by atoms with van der Waals surface area (Å²) in [6.45, 7) is 1.44. The van der Waals surface area contributed by atoms with Gasteiger partial charge in [0.1, 0.15) is 0 Å². The molecule has 0 spiro atoms. The van der Waals surface area contributed by atoms with Crippen molar-refractivity contribution in [3.63, 3.8) is 0 Å². The van der Waals surface area contributed by atoms with E-state index in [0.29, 0.717) is 11.3 Å². The van der Waals surface area contributed by atoms with Crippen LogP contribution in [0.2, 0.25) is 0 Å². The maximum absolute atomic E-state index is 12.7. The minimum absolute atomic E-state index is 0.131. The number of likely N-dealkylation sites (tertiary alicyclic amines) is 1. The summed E-state index contributed by atoms with van der Waals surface area (Å²) in [5.74, 6) is -0.131. The van der Waals surface area contributed by atoms with Crippen LogP contribution >= 0.6 is 11.8 Å². The van der Waals surface area contributed by atoms with Gasteiger partial charge in [0.25, 0.3) is 15.9 Å².